The summed E-state index contributed by atoms with van der Waals surface area (Å²) in [4.78, 5) is 4.36. The average Bonchev–Trinajstić information content (AvgIpc) is 2.08. The maximum absolute atomic E-state index is 5.56. The fourth-order valence-electron chi connectivity index (χ4n) is 1.48. The van der Waals surface area contributed by atoms with Crippen molar-refractivity contribution in [3.8, 4) is 0 Å². The zero-order valence-electron chi connectivity index (χ0n) is 8.76. The lowest BCUT2D eigenvalue weighted by Gasteiger charge is -2.23. The fraction of sp³-hybridized carbons (Fsp3) is 0.545. The molecule has 0 saturated carbocycles. The van der Waals surface area contributed by atoms with Gasteiger partial charge in [0.1, 0.15) is 0 Å². The minimum Gasteiger partial charge on any atom is -0.330 e. The lowest BCUT2D eigenvalue weighted by molar-refractivity contribution is 0.335. The topological polar surface area (TPSA) is 38.9 Å². The largest absolute Gasteiger partial charge is 0.330 e. The third kappa shape index (κ3) is 3.76. The molecule has 2 N–H and O–H groups in total. The van der Waals surface area contributed by atoms with Crippen LogP contribution in [0.15, 0.2) is 22.8 Å². The first-order valence-electron chi connectivity index (χ1n) is 4.84. The molecule has 1 rings (SSSR count). The smallest absolute Gasteiger partial charge is 0.0413 e. The minimum atomic E-state index is 0.246. The number of hydrogen-bond donors (Lipinski definition) is 1. The van der Waals surface area contributed by atoms with Crippen LogP contribution in [0, 0.1) is 5.41 Å². The molecule has 1 aromatic heterocycles. The van der Waals surface area contributed by atoms with E-state index in [1.165, 1.54) is 0 Å². The number of nitrogens with zero attached hydrogens (tertiary/aromatic N) is 1. The van der Waals surface area contributed by atoms with E-state index in [0.717, 1.165) is 29.6 Å². The van der Waals surface area contributed by atoms with Gasteiger partial charge in [0.2, 0.25) is 0 Å². The average molecular weight is 257 g/mol. The van der Waals surface area contributed by atoms with Gasteiger partial charge in [0.15, 0.2) is 0 Å². The Morgan fingerprint density at radius 2 is 2.14 bits per heavy atom. The van der Waals surface area contributed by atoms with Crippen molar-refractivity contribution >= 4 is 15.9 Å². The molecule has 1 heterocycles. The van der Waals surface area contributed by atoms with Gasteiger partial charge in [0.05, 0.1) is 0 Å². The molecule has 0 unspecified atom stereocenters. The molecular formula is C11H17BrN2. The predicted octanol–water partition coefficient (Wildman–Crippen LogP) is 2.76. The minimum absolute atomic E-state index is 0.246. The van der Waals surface area contributed by atoms with E-state index in [4.69, 9.17) is 5.73 Å². The van der Waals surface area contributed by atoms with E-state index in [2.05, 4.69) is 40.8 Å². The van der Waals surface area contributed by atoms with Crippen molar-refractivity contribution in [3.63, 3.8) is 0 Å². The van der Waals surface area contributed by atoms with Gasteiger partial charge in [-0.25, -0.2) is 0 Å². The van der Waals surface area contributed by atoms with Gasteiger partial charge in [-0.1, -0.05) is 13.8 Å². The first-order valence-corrected chi connectivity index (χ1v) is 5.63. The number of rotatable bonds is 4. The van der Waals surface area contributed by atoms with Gasteiger partial charge in [-0.05, 0) is 52.9 Å². The maximum atomic E-state index is 5.56. The Balaban J connectivity index is 2.64. The zero-order valence-corrected chi connectivity index (χ0v) is 10.3. The molecule has 0 aliphatic carbocycles. The van der Waals surface area contributed by atoms with Crippen molar-refractivity contribution < 1.29 is 0 Å². The van der Waals surface area contributed by atoms with Crippen molar-refractivity contribution in [2.24, 2.45) is 11.1 Å². The zero-order chi connectivity index (χ0) is 10.6. The summed E-state index contributed by atoms with van der Waals surface area (Å²) in [5, 5.41) is 0. The van der Waals surface area contributed by atoms with Crippen molar-refractivity contribution in [2.45, 2.75) is 26.7 Å². The number of pyridine rings is 1. The third-order valence-electron chi connectivity index (χ3n) is 2.27. The molecule has 0 spiro atoms. The molecule has 78 valence electrons. The van der Waals surface area contributed by atoms with E-state index >= 15 is 0 Å². The normalized spacial score (nSPS) is 11.7. The van der Waals surface area contributed by atoms with E-state index < -0.39 is 0 Å². The Labute approximate surface area is 94.0 Å². The second kappa shape index (κ2) is 4.89. The maximum Gasteiger partial charge on any atom is 0.0413 e. The quantitative estimate of drug-likeness (QED) is 0.900. The van der Waals surface area contributed by atoms with Gasteiger partial charge in [0.25, 0.3) is 0 Å². The molecule has 3 heteroatoms. The number of nitrogens with two attached hydrogens (primary N) is 1. The van der Waals surface area contributed by atoms with Crippen LogP contribution in [-0.4, -0.2) is 11.5 Å². The van der Waals surface area contributed by atoms with Crippen molar-refractivity contribution in [1.82, 2.24) is 4.98 Å². The summed E-state index contributed by atoms with van der Waals surface area (Å²) in [5.74, 6) is 0. The monoisotopic (exact) mass is 256 g/mol. The molecule has 14 heavy (non-hydrogen) atoms. The van der Waals surface area contributed by atoms with Crippen LogP contribution in [0.5, 0.6) is 0 Å². The van der Waals surface area contributed by atoms with Crippen LogP contribution in [0.2, 0.25) is 0 Å². The highest BCUT2D eigenvalue weighted by Gasteiger charge is 2.17. The summed E-state index contributed by atoms with van der Waals surface area (Å²) in [6.45, 7) is 5.19. The Hall–Kier alpha value is -0.410. The van der Waals surface area contributed by atoms with Crippen LogP contribution < -0.4 is 5.73 Å². The van der Waals surface area contributed by atoms with Crippen LogP contribution in [0.25, 0.3) is 0 Å². The molecule has 0 aliphatic heterocycles. The van der Waals surface area contributed by atoms with Gasteiger partial charge in [-0.15, -0.1) is 0 Å². The van der Waals surface area contributed by atoms with E-state index in [0.29, 0.717) is 0 Å². The highest BCUT2D eigenvalue weighted by molar-refractivity contribution is 9.10. The van der Waals surface area contributed by atoms with Gasteiger partial charge in [-0.2, -0.15) is 0 Å². The van der Waals surface area contributed by atoms with Crippen molar-refractivity contribution in [2.75, 3.05) is 6.54 Å². The summed E-state index contributed by atoms with van der Waals surface area (Å²) in [6, 6.07) is 4.09. The van der Waals surface area contributed by atoms with Crippen LogP contribution in [0.1, 0.15) is 26.0 Å². The lowest BCUT2D eigenvalue weighted by atomic mass is 9.84. The van der Waals surface area contributed by atoms with Crippen molar-refractivity contribution in [3.05, 3.63) is 28.5 Å². The number of hydrogen-bond acceptors (Lipinski definition) is 2. The number of aromatic nitrogens is 1. The van der Waals surface area contributed by atoms with E-state index in [1.54, 1.807) is 0 Å². The summed E-state index contributed by atoms with van der Waals surface area (Å²) < 4.78 is 1.03. The van der Waals surface area contributed by atoms with Gasteiger partial charge >= 0.3 is 0 Å². The van der Waals surface area contributed by atoms with Crippen molar-refractivity contribution in [1.29, 1.82) is 0 Å². The van der Waals surface area contributed by atoms with Crippen LogP contribution in [0.3, 0.4) is 0 Å². The first kappa shape index (κ1) is 11.7. The molecule has 0 aliphatic rings. The van der Waals surface area contributed by atoms with Gasteiger partial charge in [-0.3, -0.25) is 4.98 Å². The second-order valence-electron chi connectivity index (χ2n) is 4.35. The Morgan fingerprint density at radius 3 is 2.64 bits per heavy atom. The fourth-order valence-corrected chi connectivity index (χ4v) is 1.71. The standard InChI is InChI=1S/C11H17BrN2/c1-11(2,5-6-13)7-10-4-3-9(12)8-14-10/h3-4,8H,5-7,13H2,1-2H3. The Morgan fingerprint density at radius 1 is 1.43 bits per heavy atom. The van der Waals surface area contributed by atoms with Crippen LogP contribution in [-0.2, 0) is 6.42 Å². The third-order valence-corrected chi connectivity index (χ3v) is 2.74. The summed E-state index contributed by atoms with van der Waals surface area (Å²) in [6.07, 6.45) is 3.86. The molecule has 0 atom stereocenters. The van der Waals surface area contributed by atoms with E-state index in [1.807, 2.05) is 12.3 Å². The highest BCUT2D eigenvalue weighted by atomic mass is 79.9. The summed E-state index contributed by atoms with van der Waals surface area (Å²) >= 11 is 3.37. The molecule has 1 aromatic rings. The second-order valence-corrected chi connectivity index (χ2v) is 5.26. The molecule has 0 fully saturated rings. The first-order chi connectivity index (χ1) is 6.53. The predicted molar refractivity (Wildman–Crippen MR) is 63.1 cm³/mol. The number of halogens is 1. The SMILES string of the molecule is CC(C)(CCN)Cc1ccc(Br)cn1. The lowest BCUT2D eigenvalue weighted by Crippen LogP contribution is -2.20. The molecule has 0 bridgehead atoms. The Kier molecular flexibility index (Phi) is 4.08. The summed E-state index contributed by atoms with van der Waals surface area (Å²) in [5.41, 5.74) is 6.94. The van der Waals surface area contributed by atoms with Gasteiger partial charge < -0.3 is 5.73 Å². The molecular weight excluding hydrogens is 240 g/mol. The Bertz CT molecular complexity index is 280. The molecule has 0 amide bonds. The molecule has 0 radical (unpaired) electrons. The van der Waals surface area contributed by atoms with E-state index in [-0.39, 0.29) is 5.41 Å². The molecule has 0 saturated heterocycles. The van der Waals surface area contributed by atoms with Crippen LogP contribution >= 0.6 is 15.9 Å². The van der Waals surface area contributed by atoms with Gasteiger partial charge in [0, 0.05) is 16.4 Å². The highest BCUT2D eigenvalue weighted by Crippen LogP contribution is 2.24. The summed E-state index contributed by atoms with van der Waals surface area (Å²) in [7, 11) is 0. The molecule has 2 nitrogen and oxygen atoms in total. The van der Waals surface area contributed by atoms with E-state index in [9.17, 15) is 0 Å². The molecule has 0 aromatic carbocycles. The van der Waals surface area contributed by atoms with Crippen LogP contribution in [0.4, 0.5) is 0 Å².